The Bertz CT molecular complexity index is 1110. The molecule has 3 rings (SSSR count). The molecule has 0 fully saturated rings. The molecular weight excluding hydrogens is 378 g/mol. The maximum atomic E-state index is 12.8. The molecule has 3 aromatic rings. The van der Waals surface area contributed by atoms with Crippen molar-refractivity contribution in [2.24, 2.45) is 0 Å². The molecule has 9 heteroatoms. The highest BCUT2D eigenvalue weighted by atomic mass is 32.2. The fourth-order valence-electron chi connectivity index (χ4n) is 3.01. The van der Waals surface area contributed by atoms with E-state index in [-0.39, 0.29) is 10.6 Å². The summed E-state index contributed by atoms with van der Waals surface area (Å²) in [7, 11) is 1.50. The summed E-state index contributed by atoms with van der Waals surface area (Å²) in [6.07, 6.45) is 1.70. The summed E-state index contributed by atoms with van der Waals surface area (Å²) >= 11 is 0. The molecular formula is C19H25N5O3S. The summed E-state index contributed by atoms with van der Waals surface area (Å²) in [6.45, 7) is 4.77. The van der Waals surface area contributed by atoms with Gasteiger partial charge in [-0.15, -0.1) is 0 Å². The first-order chi connectivity index (χ1) is 13.2. The molecule has 150 valence electrons. The minimum absolute atomic E-state index is 0.0926. The molecule has 0 spiro atoms. The van der Waals surface area contributed by atoms with Crippen LogP contribution in [0.1, 0.15) is 11.4 Å². The van der Waals surface area contributed by atoms with Gasteiger partial charge in [0, 0.05) is 30.0 Å². The first-order valence-corrected chi connectivity index (χ1v) is 10.4. The predicted octanol–water partition coefficient (Wildman–Crippen LogP) is 1.86. The third-order valence-electron chi connectivity index (χ3n) is 4.39. The third kappa shape index (κ3) is 4.01. The monoisotopic (exact) mass is 403 g/mol. The van der Waals surface area contributed by atoms with Gasteiger partial charge in [-0.25, -0.2) is 22.6 Å². The van der Waals surface area contributed by atoms with E-state index < -0.39 is 10.0 Å². The number of likely N-dealkylation sites (N-methyl/N-ethyl adjacent to an activating group) is 1. The number of methoxy groups -OCH3 is 1. The Morgan fingerprint density at radius 3 is 2.64 bits per heavy atom. The largest absolute Gasteiger partial charge is 0.495 e. The number of hydrogen-bond donors (Lipinski definition) is 1. The molecule has 2 heterocycles. The van der Waals surface area contributed by atoms with E-state index in [9.17, 15) is 8.42 Å². The minimum Gasteiger partial charge on any atom is -0.495 e. The molecule has 28 heavy (non-hydrogen) atoms. The van der Waals surface area contributed by atoms with Gasteiger partial charge in [-0.1, -0.05) is 6.07 Å². The van der Waals surface area contributed by atoms with Gasteiger partial charge in [0.25, 0.3) is 0 Å². The SMILES string of the molecule is COc1ccc(-c2cnn3c(C)cc(C)nc23)cc1S(=O)(=O)NCCN(C)C. The van der Waals surface area contributed by atoms with Gasteiger partial charge in [-0.2, -0.15) is 5.10 Å². The van der Waals surface area contributed by atoms with E-state index in [1.807, 2.05) is 45.0 Å². The molecule has 8 nitrogen and oxygen atoms in total. The zero-order chi connectivity index (χ0) is 20.5. The summed E-state index contributed by atoms with van der Waals surface area (Å²) in [5.41, 5.74) is 3.99. The van der Waals surface area contributed by atoms with Gasteiger partial charge in [-0.3, -0.25) is 0 Å². The number of sulfonamides is 1. The van der Waals surface area contributed by atoms with E-state index in [1.54, 1.807) is 22.8 Å². The molecule has 0 aliphatic rings. The Balaban J connectivity index is 2.07. The summed E-state index contributed by atoms with van der Waals surface area (Å²) in [5.74, 6) is 0.290. The summed E-state index contributed by atoms with van der Waals surface area (Å²) in [6, 6.07) is 7.02. The minimum atomic E-state index is -3.73. The molecule has 0 bridgehead atoms. The lowest BCUT2D eigenvalue weighted by Gasteiger charge is -2.14. The van der Waals surface area contributed by atoms with Crippen LogP contribution in [-0.4, -0.2) is 62.2 Å². The summed E-state index contributed by atoms with van der Waals surface area (Å²) in [4.78, 5) is 6.58. The number of nitrogens with zero attached hydrogens (tertiary/aromatic N) is 4. The standard InChI is InChI=1S/C19H25N5O3S/c1-13-10-14(2)24-19(22-13)16(12-20-24)15-6-7-17(27-5)18(11-15)28(25,26)21-8-9-23(3)4/h6-7,10-12,21H,8-9H2,1-5H3. The van der Waals surface area contributed by atoms with Gasteiger partial charge in [0.15, 0.2) is 5.65 Å². The van der Waals surface area contributed by atoms with Gasteiger partial charge < -0.3 is 9.64 Å². The normalized spacial score (nSPS) is 12.1. The first-order valence-electron chi connectivity index (χ1n) is 8.87. The van der Waals surface area contributed by atoms with Crippen LogP contribution in [0.4, 0.5) is 0 Å². The van der Waals surface area contributed by atoms with Crippen LogP contribution in [-0.2, 0) is 10.0 Å². The van der Waals surface area contributed by atoms with E-state index in [0.717, 1.165) is 17.0 Å². The number of benzene rings is 1. The average Bonchev–Trinajstić information content (AvgIpc) is 3.04. The topological polar surface area (TPSA) is 88.8 Å². The fraction of sp³-hybridized carbons (Fsp3) is 0.368. The molecule has 0 atom stereocenters. The van der Waals surface area contributed by atoms with Crippen molar-refractivity contribution in [1.82, 2.24) is 24.2 Å². The van der Waals surface area contributed by atoms with E-state index in [1.165, 1.54) is 7.11 Å². The number of aromatic nitrogens is 3. The van der Waals surface area contributed by atoms with Crippen LogP contribution in [0, 0.1) is 13.8 Å². The Morgan fingerprint density at radius 1 is 1.21 bits per heavy atom. The van der Waals surface area contributed by atoms with E-state index in [4.69, 9.17) is 4.74 Å². The highest BCUT2D eigenvalue weighted by Crippen LogP contribution is 2.31. The van der Waals surface area contributed by atoms with Crippen molar-refractivity contribution in [1.29, 1.82) is 0 Å². The van der Waals surface area contributed by atoms with Gasteiger partial charge in [0.2, 0.25) is 10.0 Å². The molecule has 0 unspecified atom stereocenters. The lowest BCUT2D eigenvalue weighted by molar-refractivity contribution is 0.400. The average molecular weight is 404 g/mol. The van der Waals surface area contributed by atoms with E-state index in [0.29, 0.717) is 24.3 Å². The molecule has 0 saturated heterocycles. The lowest BCUT2D eigenvalue weighted by atomic mass is 10.1. The van der Waals surface area contributed by atoms with Crippen LogP contribution in [0.2, 0.25) is 0 Å². The Morgan fingerprint density at radius 2 is 1.96 bits per heavy atom. The Labute approximate surface area is 165 Å². The van der Waals surface area contributed by atoms with Crippen LogP contribution in [0.3, 0.4) is 0 Å². The van der Waals surface area contributed by atoms with Crippen LogP contribution in [0.5, 0.6) is 5.75 Å². The molecule has 1 N–H and O–H groups in total. The van der Waals surface area contributed by atoms with Crippen molar-refractivity contribution in [3.63, 3.8) is 0 Å². The number of rotatable bonds is 7. The zero-order valence-corrected chi connectivity index (χ0v) is 17.5. The van der Waals surface area contributed by atoms with Crippen molar-refractivity contribution in [3.8, 4) is 16.9 Å². The molecule has 0 aliphatic heterocycles. The van der Waals surface area contributed by atoms with Crippen LogP contribution < -0.4 is 9.46 Å². The smallest absolute Gasteiger partial charge is 0.244 e. The fourth-order valence-corrected chi connectivity index (χ4v) is 4.22. The molecule has 1 aromatic carbocycles. The summed E-state index contributed by atoms with van der Waals surface area (Å²) in [5, 5.41) is 4.39. The quantitative estimate of drug-likeness (QED) is 0.648. The highest BCUT2D eigenvalue weighted by molar-refractivity contribution is 7.89. The van der Waals surface area contributed by atoms with Crippen LogP contribution >= 0.6 is 0 Å². The number of aryl methyl sites for hydroxylation is 2. The van der Waals surface area contributed by atoms with Gasteiger partial charge >= 0.3 is 0 Å². The van der Waals surface area contributed by atoms with Crippen molar-refractivity contribution >= 4 is 15.7 Å². The van der Waals surface area contributed by atoms with E-state index >= 15 is 0 Å². The maximum Gasteiger partial charge on any atom is 0.244 e. The number of ether oxygens (including phenoxy) is 1. The zero-order valence-electron chi connectivity index (χ0n) is 16.7. The molecule has 0 saturated carbocycles. The van der Waals surface area contributed by atoms with Crippen molar-refractivity contribution in [2.45, 2.75) is 18.7 Å². The van der Waals surface area contributed by atoms with Crippen molar-refractivity contribution < 1.29 is 13.2 Å². The van der Waals surface area contributed by atoms with Crippen LogP contribution in [0.25, 0.3) is 16.8 Å². The van der Waals surface area contributed by atoms with Gasteiger partial charge in [-0.05, 0) is 51.7 Å². The first kappa shape index (κ1) is 20.2. The highest BCUT2D eigenvalue weighted by Gasteiger charge is 2.21. The lowest BCUT2D eigenvalue weighted by Crippen LogP contribution is -2.31. The van der Waals surface area contributed by atoms with Crippen molar-refractivity contribution in [2.75, 3.05) is 34.3 Å². The Kier molecular flexibility index (Phi) is 5.69. The summed E-state index contributed by atoms with van der Waals surface area (Å²) < 4.78 is 35.3. The van der Waals surface area contributed by atoms with Crippen molar-refractivity contribution in [3.05, 3.63) is 41.9 Å². The molecule has 0 amide bonds. The van der Waals surface area contributed by atoms with Gasteiger partial charge in [0.1, 0.15) is 10.6 Å². The molecule has 0 radical (unpaired) electrons. The second kappa shape index (κ2) is 7.86. The third-order valence-corrected chi connectivity index (χ3v) is 5.88. The van der Waals surface area contributed by atoms with Gasteiger partial charge in [0.05, 0.1) is 13.3 Å². The number of hydrogen-bond acceptors (Lipinski definition) is 6. The molecule has 0 aliphatic carbocycles. The maximum absolute atomic E-state index is 12.8. The second-order valence-electron chi connectivity index (χ2n) is 6.90. The molecule has 2 aromatic heterocycles. The predicted molar refractivity (Wildman–Crippen MR) is 108 cm³/mol. The number of nitrogens with one attached hydrogen (secondary N) is 1. The Hall–Kier alpha value is -2.49. The number of fused-ring (bicyclic) bond motifs is 1. The second-order valence-corrected chi connectivity index (χ2v) is 8.63. The van der Waals surface area contributed by atoms with E-state index in [2.05, 4.69) is 14.8 Å². The van der Waals surface area contributed by atoms with Crippen LogP contribution in [0.15, 0.2) is 35.4 Å².